The molecular weight excluding hydrogens is 289 g/mol. The van der Waals surface area contributed by atoms with E-state index in [1.807, 2.05) is 13.8 Å². The van der Waals surface area contributed by atoms with Gasteiger partial charge in [-0.1, -0.05) is 6.07 Å². The first-order valence-corrected chi connectivity index (χ1v) is 7.24. The fraction of sp³-hybridized carbons (Fsp3) is 0.200. The van der Waals surface area contributed by atoms with Gasteiger partial charge in [0.05, 0.1) is 16.9 Å². The molecule has 0 fully saturated rings. The van der Waals surface area contributed by atoms with Crippen LogP contribution in [0, 0.1) is 19.7 Å². The number of nitrogens with zero attached hydrogens (tertiary/aromatic N) is 2. The predicted octanol–water partition coefficient (Wildman–Crippen LogP) is 3.64. The number of nitrogens with one attached hydrogen (secondary N) is 1. The van der Waals surface area contributed by atoms with Crippen LogP contribution in [-0.4, -0.2) is 14.8 Å². The molecule has 1 N–H and O–H groups in total. The molecule has 108 valence electrons. The van der Waals surface area contributed by atoms with Gasteiger partial charge in [-0.25, -0.2) is 4.39 Å². The van der Waals surface area contributed by atoms with Gasteiger partial charge in [0.1, 0.15) is 11.5 Å². The van der Waals surface area contributed by atoms with Crippen LogP contribution in [0.2, 0.25) is 0 Å². The average molecular weight is 303 g/mol. The number of rotatable bonds is 2. The molecule has 0 bridgehead atoms. The summed E-state index contributed by atoms with van der Waals surface area (Å²) >= 11 is 1.35. The van der Waals surface area contributed by atoms with E-state index in [9.17, 15) is 9.18 Å². The standard InChI is InChI=1S/C15H14FN3OS/c1-8-14(9(2)21-18-8)17-15(20)13-7-10-11(16)5-4-6-12(10)19(13)3/h4-7H,1-3H3,(H,17,20). The number of carbonyl (C=O) groups excluding carboxylic acids is 1. The first-order valence-electron chi connectivity index (χ1n) is 6.47. The zero-order chi connectivity index (χ0) is 15.1. The number of benzene rings is 1. The summed E-state index contributed by atoms with van der Waals surface area (Å²) in [4.78, 5) is 13.4. The lowest BCUT2D eigenvalue weighted by Gasteiger charge is -2.06. The van der Waals surface area contributed by atoms with Gasteiger partial charge in [-0.05, 0) is 43.6 Å². The number of aromatic nitrogens is 2. The molecule has 3 rings (SSSR count). The molecule has 2 aromatic heterocycles. The van der Waals surface area contributed by atoms with Crippen molar-refractivity contribution in [3.63, 3.8) is 0 Å². The number of amides is 1. The van der Waals surface area contributed by atoms with E-state index in [4.69, 9.17) is 0 Å². The van der Waals surface area contributed by atoms with Crippen molar-refractivity contribution in [2.75, 3.05) is 5.32 Å². The van der Waals surface area contributed by atoms with Crippen molar-refractivity contribution >= 4 is 34.0 Å². The van der Waals surface area contributed by atoms with Crippen LogP contribution in [-0.2, 0) is 7.05 Å². The molecule has 2 heterocycles. The quantitative estimate of drug-likeness (QED) is 0.785. The number of halogens is 1. The predicted molar refractivity (Wildman–Crippen MR) is 82.4 cm³/mol. The van der Waals surface area contributed by atoms with Crippen LogP contribution in [0.25, 0.3) is 10.9 Å². The highest BCUT2D eigenvalue weighted by molar-refractivity contribution is 7.06. The Morgan fingerprint density at radius 3 is 2.76 bits per heavy atom. The highest BCUT2D eigenvalue weighted by Gasteiger charge is 2.17. The zero-order valence-corrected chi connectivity index (χ0v) is 12.7. The van der Waals surface area contributed by atoms with Crippen molar-refractivity contribution in [3.05, 3.63) is 46.3 Å². The highest BCUT2D eigenvalue weighted by atomic mass is 32.1. The molecule has 0 spiro atoms. The zero-order valence-electron chi connectivity index (χ0n) is 11.9. The van der Waals surface area contributed by atoms with E-state index in [0.717, 1.165) is 16.3 Å². The third-order valence-electron chi connectivity index (χ3n) is 3.54. The Balaban J connectivity index is 2.03. The normalized spacial score (nSPS) is 11.0. The molecule has 6 heteroatoms. The fourth-order valence-electron chi connectivity index (χ4n) is 2.38. The van der Waals surface area contributed by atoms with Crippen molar-refractivity contribution in [2.24, 2.45) is 7.05 Å². The monoisotopic (exact) mass is 303 g/mol. The van der Waals surface area contributed by atoms with Crippen LogP contribution in [0.3, 0.4) is 0 Å². The van der Waals surface area contributed by atoms with Gasteiger partial charge in [-0.2, -0.15) is 4.37 Å². The van der Waals surface area contributed by atoms with Crippen LogP contribution < -0.4 is 5.32 Å². The SMILES string of the molecule is Cc1nsc(C)c1NC(=O)c1cc2c(F)cccc2n1C. The maximum atomic E-state index is 13.8. The van der Waals surface area contributed by atoms with Gasteiger partial charge in [0.15, 0.2) is 0 Å². The summed E-state index contributed by atoms with van der Waals surface area (Å²) in [7, 11) is 1.75. The lowest BCUT2D eigenvalue weighted by molar-refractivity contribution is 0.101. The molecule has 4 nitrogen and oxygen atoms in total. The Labute approximate surface area is 125 Å². The Bertz CT molecular complexity index is 831. The molecule has 0 radical (unpaired) electrons. The maximum Gasteiger partial charge on any atom is 0.272 e. The minimum absolute atomic E-state index is 0.264. The molecule has 21 heavy (non-hydrogen) atoms. The van der Waals surface area contributed by atoms with Crippen molar-refractivity contribution in [2.45, 2.75) is 13.8 Å². The van der Waals surface area contributed by atoms with Crippen LogP contribution in [0.5, 0.6) is 0 Å². The van der Waals surface area contributed by atoms with Crippen LogP contribution in [0.1, 0.15) is 21.1 Å². The smallest absolute Gasteiger partial charge is 0.272 e. The number of carbonyl (C=O) groups is 1. The van der Waals surface area contributed by atoms with E-state index in [2.05, 4.69) is 9.69 Å². The number of hydrogen-bond acceptors (Lipinski definition) is 3. The molecule has 0 unspecified atom stereocenters. The summed E-state index contributed by atoms with van der Waals surface area (Å²) in [6, 6.07) is 6.39. The maximum absolute atomic E-state index is 13.8. The van der Waals surface area contributed by atoms with Crippen LogP contribution in [0.15, 0.2) is 24.3 Å². The fourth-order valence-corrected chi connectivity index (χ4v) is 3.04. The van der Waals surface area contributed by atoms with Gasteiger partial charge >= 0.3 is 0 Å². The van der Waals surface area contributed by atoms with Crippen molar-refractivity contribution in [3.8, 4) is 0 Å². The Morgan fingerprint density at radius 1 is 1.38 bits per heavy atom. The second-order valence-electron chi connectivity index (χ2n) is 4.91. The third kappa shape index (κ3) is 2.21. The number of hydrogen-bond donors (Lipinski definition) is 1. The second kappa shape index (κ2) is 4.96. The topological polar surface area (TPSA) is 46.9 Å². The molecule has 1 aromatic carbocycles. The molecule has 0 aliphatic carbocycles. The number of aryl methyl sites for hydroxylation is 3. The van der Waals surface area contributed by atoms with Crippen LogP contribution >= 0.6 is 11.5 Å². The van der Waals surface area contributed by atoms with Crippen molar-refractivity contribution in [1.82, 2.24) is 8.94 Å². The lowest BCUT2D eigenvalue weighted by atomic mass is 10.2. The number of fused-ring (bicyclic) bond motifs is 1. The summed E-state index contributed by atoms with van der Waals surface area (Å²) < 4.78 is 19.7. The first kappa shape index (κ1) is 13.8. The van der Waals surface area contributed by atoms with E-state index in [0.29, 0.717) is 16.6 Å². The second-order valence-corrected chi connectivity index (χ2v) is 5.89. The Hall–Kier alpha value is -2.21. The summed E-state index contributed by atoms with van der Waals surface area (Å²) in [6.07, 6.45) is 0. The molecule has 0 aliphatic heterocycles. The van der Waals surface area contributed by atoms with Gasteiger partial charge in [-0.15, -0.1) is 0 Å². The summed E-state index contributed by atoms with van der Waals surface area (Å²) in [5, 5.41) is 3.31. The van der Waals surface area contributed by atoms with Gasteiger partial charge in [-0.3, -0.25) is 4.79 Å². The minimum Gasteiger partial charge on any atom is -0.340 e. The van der Waals surface area contributed by atoms with E-state index >= 15 is 0 Å². The molecule has 0 saturated carbocycles. The highest BCUT2D eigenvalue weighted by Crippen LogP contribution is 2.26. The largest absolute Gasteiger partial charge is 0.340 e. The van der Waals surface area contributed by atoms with E-state index in [1.165, 1.54) is 17.6 Å². The minimum atomic E-state index is -0.327. The third-order valence-corrected chi connectivity index (χ3v) is 4.38. The lowest BCUT2D eigenvalue weighted by Crippen LogP contribution is -2.16. The average Bonchev–Trinajstić information content (AvgIpc) is 2.95. The molecule has 0 saturated heterocycles. The van der Waals surface area contributed by atoms with Gasteiger partial charge in [0.25, 0.3) is 5.91 Å². The molecule has 1 amide bonds. The van der Waals surface area contributed by atoms with E-state index in [-0.39, 0.29) is 11.7 Å². The molecule has 0 aliphatic rings. The summed E-state index contributed by atoms with van der Waals surface area (Å²) in [6.45, 7) is 3.75. The van der Waals surface area contributed by atoms with Gasteiger partial charge in [0, 0.05) is 17.3 Å². The Kier molecular flexibility index (Phi) is 3.25. The number of anilines is 1. The summed E-state index contributed by atoms with van der Waals surface area (Å²) in [5.74, 6) is -0.591. The van der Waals surface area contributed by atoms with Gasteiger partial charge in [0.2, 0.25) is 0 Å². The van der Waals surface area contributed by atoms with Crippen molar-refractivity contribution in [1.29, 1.82) is 0 Å². The van der Waals surface area contributed by atoms with E-state index < -0.39 is 0 Å². The first-order chi connectivity index (χ1) is 9.99. The van der Waals surface area contributed by atoms with Crippen molar-refractivity contribution < 1.29 is 9.18 Å². The van der Waals surface area contributed by atoms with Gasteiger partial charge < -0.3 is 9.88 Å². The molecular formula is C15H14FN3OS. The van der Waals surface area contributed by atoms with Crippen LogP contribution in [0.4, 0.5) is 10.1 Å². The Morgan fingerprint density at radius 2 is 2.14 bits per heavy atom. The molecule has 3 aromatic rings. The molecule has 0 atom stereocenters. The van der Waals surface area contributed by atoms with E-state index in [1.54, 1.807) is 29.8 Å². The summed E-state index contributed by atoms with van der Waals surface area (Å²) in [5.41, 5.74) is 2.63.